The Morgan fingerprint density at radius 3 is 2.72 bits per heavy atom. The highest BCUT2D eigenvalue weighted by Gasteiger charge is 2.14. The van der Waals surface area contributed by atoms with Crippen molar-refractivity contribution in [3.05, 3.63) is 41.0 Å². The minimum absolute atomic E-state index is 0.0216. The molecule has 0 amide bonds. The zero-order valence-electron chi connectivity index (χ0n) is 9.51. The number of aromatic nitrogens is 2. The summed E-state index contributed by atoms with van der Waals surface area (Å²) in [7, 11) is 1.60. The van der Waals surface area contributed by atoms with Crippen LogP contribution in [0.2, 0.25) is 5.02 Å². The standard InChI is InChI=1S/C12H10ClN3O2/c1-14-10-8(12(17)18)6-15-11(16-10)7-4-2-3-5-9(7)13/h2-6H,1H3,(H,17,18)(H,14,15,16). The number of rotatable bonds is 3. The van der Waals surface area contributed by atoms with Gasteiger partial charge in [0, 0.05) is 18.8 Å². The quantitative estimate of drug-likeness (QED) is 0.890. The van der Waals surface area contributed by atoms with Crippen LogP contribution in [0.5, 0.6) is 0 Å². The molecule has 5 nitrogen and oxygen atoms in total. The number of anilines is 1. The van der Waals surface area contributed by atoms with E-state index in [4.69, 9.17) is 16.7 Å². The molecule has 18 heavy (non-hydrogen) atoms. The van der Waals surface area contributed by atoms with Gasteiger partial charge in [0.1, 0.15) is 11.4 Å². The van der Waals surface area contributed by atoms with E-state index in [1.54, 1.807) is 25.2 Å². The Morgan fingerprint density at radius 1 is 1.39 bits per heavy atom. The molecule has 92 valence electrons. The molecule has 2 N–H and O–H groups in total. The van der Waals surface area contributed by atoms with E-state index in [9.17, 15) is 4.79 Å². The lowest BCUT2D eigenvalue weighted by Crippen LogP contribution is -2.07. The van der Waals surface area contributed by atoms with E-state index >= 15 is 0 Å². The molecule has 1 heterocycles. The van der Waals surface area contributed by atoms with Crippen LogP contribution in [0.3, 0.4) is 0 Å². The summed E-state index contributed by atoms with van der Waals surface area (Å²) in [5, 5.41) is 12.2. The first-order valence-electron chi connectivity index (χ1n) is 5.16. The van der Waals surface area contributed by atoms with Crippen LogP contribution in [0.1, 0.15) is 10.4 Å². The van der Waals surface area contributed by atoms with E-state index in [1.165, 1.54) is 6.20 Å². The Balaban J connectivity index is 2.55. The molecular formula is C12H10ClN3O2. The van der Waals surface area contributed by atoms with Crippen molar-refractivity contribution >= 4 is 23.4 Å². The first kappa shape index (κ1) is 12.3. The largest absolute Gasteiger partial charge is 0.477 e. The van der Waals surface area contributed by atoms with E-state index < -0.39 is 5.97 Å². The van der Waals surface area contributed by atoms with Gasteiger partial charge in [0.15, 0.2) is 5.82 Å². The highest BCUT2D eigenvalue weighted by atomic mass is 35.5. The molecule has 0 aliphatic heterocycles. The Hall–Kier alpha value is -2.14. The number of hydrogen-bond donors (Lipinski definition) is 2. The monoisotopic (exact) mass is 263 g/mol. The molecule has 1 aromatic carbocycles. The van der Waals surface area contributed by atoms with E-state index in [0.717, 1.165) is 0 Å². The highest BCUT2D eigenvalue weighted by molar-refractivity contribution is 6.33. The van der Waals surface area contributed by atoms with Crippen LogP contribution in [0.15, 0.2) is 30.5 Å². The van der Waals surface area contributed by atoms with E-state index in [-0.39, 0.29) is 11.4 Å². The Labute approximate surface area is 108 Å². The molecule has 0 atom stereocenters. The molecule has 0 bridgehead atoms. The van der Waals surface area contributed by atoms with Crippen molar-refractivity contribution in [3.8, 4) is 11.4 Å². The second-order valence-electron chi connectivity index (χ2n) is 3.49. The third-order valence-corrected chi connectivity index (χ3v) is 2.70. The average Bonchev–Trinajstić information content (AvgIpc) is 2.38. The number of hydrogen-bond acceptors (Lipinski definition) is 4. The number of nitrogens with zero attached hydrogens (tertiary/aromatic N) is 2. The lowest BCUT2D eigenvalue weighted by atomic mass is 10.2. The Morgan fingerprint density at radius 2 is 2.11 bits per heavy atom. The van der Waals surface area contributed by atoms with E-state index in [1.807, 2.05) is 6.07 Å². The van der Waals surface area contributed by atoms with Crippen LogP contribution < -0.4 is 5.32 Å². The third-order valence-electron chi connectivity index (χ3n) is 2.37. The van der Waals surface area contributed by atoms with Crippen LogP contribution in [0.4, 0.5) is 5.82 Å². The van der Waals surface area contributed by atoms with Crippen molar-refractivity contribution in [2.24, 2.45) is 0 Å². The number of benzene rings is 1. The minimum atomic E-state index is -1.08. The van der Waals surface area contributed by atoms with E-state index in [2.05, 4.69) is 15.3 Å². The molecule has 0 aliphatic rings. The summed E-state index contributed by atoms with van der Waals surface area (Å²) in [4.78, 5) is 19.1. The highest BCUT2D eigenvalue weighted by Crippen LogP contribution is 2.26. The first-order valence-corrected chi connectivity index (χ1v) is 5.54. The van der Waals surface area contributed by atoms with Crippen molar-refractivity contribution < 1.29 is 9.90 Å². The van der Waals surface area contributed by atoms with Crippen molar-refractivity contribution in [2.45, 2.75) is 0 Å². The number of carboxylic acids is 1. The molecule has 0 saturated carbocycles. The van der Waals surface area contributed by atoms with Crippen LogP contribution in [-0.4, -0.2) is 28.1 Å². The average molecular weight is 264 g/mol. The van der Waals surface area contributed by atoms with Gasteiger partial charge >= 0.3 is 5.97 Å². The van der Waals surface area contributed by atoms with Gasteiger partial charge in [-0.1, -0.05) is 23.7 Å². The van der Waals surface area contributed by atoms with Gasteiger partial charge in [-0.05, 0) is 12.1 Å². The first-order chi connectivity index (χ1) is 8.63. The lowest BCUT2D eigenvalue weighted by molar-refractivity contribution is 0.0697. The fourth-order valence-corrected chi connectivity index (χ4v) is 1.72. The molecule has 0 aliphatic carbocycles. The molecule has 1 aromatic heterocycles. The predicted molar refractivity (Wildman–Crippen MR) is 69.0 cm³/mol. The summed E-state index contributed by atoms with van der Waals surface area (Å²) in [5.41, 5.74) is 0.681. The van der Waals surface area contributed by atoms with Crippen molar-refractivity contribution in [1.82, 2.24) is 9.97 Å². The summed E-state index contributed by atoms with van der Waals surface area (Å²) in [6, 6.07) is 7.12. The van der Waals surface area contributed by atoms with Crippen LogP contribution in [0.25, 0.3) is 11.4 Å². The van der Waals surface area contributed by atoms with E-state index in [0.29, 0.717) is 16.4 Å². The zero-order valence-corrected chi connectivity index (χ0v) is 10.3. The van der Waals surface area contributed by atoms with Gasteiger partial charge in [-0.3, -0.25) is 0 Å². The van der Waals surface area contributed by atoms with Crippen molar-refractivity contribution in [2.75, 3.05) is 12.4 Å². The summed E-state index contributed by atoms with van der Waals surface area (Å²) >= 11 is 6.04. The molecule has 0 unspecified atom stereocenters. The molecule has 2 aromatic rings. The minimum Gasteiger partial charge on any atom is -0.477 e. The van der Waals surface area contributed by atoms with Gasteiger partial charge in [-0.15, -0.1) is 0 Å². The summed E-state index contributed by atoms with van der Waals surface area (Å²) in [5.74, 6) is -0.438. The van der Waals surface area contributed by atoms with Gasteiger partial charge in [0.2, 0.25) is 0 Å². The maximum Gasteiger partial charge on any atom is 0.341 e. The van der Waals surface area contributed by atoms with Crippen LogP contribution >= 0.6 is 11.6 Å². The summed E-state index contributed by atoms with van der Waals surface area (Å²) in [6.45, 7) is 0. The fraction of sp³-hybridized carbons (Fsp3) is 0.0833. The molecule has 0 saturated heterocycles. The molecule has 0 fully saturated rings. The Bertz CT molecular complexity index is 602. The van der Waals surface area contributed by atoms with Crippen molar-refractivity contribution in [3.63, 3.8) is 0 Å². The smallest absolute Gasteiger partial charge is 0.341 e. The predicted octanol–water partition coefficient (Wildman–Crippen LogP) is 2.54. The number of aromatic carboxylic acids is 1. The third kappa shape index (κ3) is 2.26. The second kappa shape index (κ2) is 5.01. The van der Waals surface area contributed by atoms with Crippen LogP contribution in [0, 0.1) is 0 Å². The van der Waals surface area contributed by atoms with Gasteiger partial charge in [-0.25, -0.2) is 14.8 Å². The summed E-state index contributed by atoms with van der Waals surface area (Å²) < 4.78 is 0. The molecular weight excluding hydrogens is 254 g/mol. The lowest BCUT2D eigenvalue weighted by Gasteiger charge is -2.07. The summed E-state index contributed by atoms with van der Waals surface area (Å²) in [6.07, 6.45) is 1.26. The number of carbonyl (C=O) groups is 1. The molecule has 0 radical (unpaired) electrons. The zero-order chi connectivity index (χ0) is 13.1. The molecule has 6 heteroatoms. The SMILES string of the molecule is CNc1nc(-c2ccccc2Cl)ncc1C(=O)O. The fourth-order valence-electron chi connectivity index (χ4n) is 1.50. The topological polar surface area (TPSA) is 75.1 Å². The van der Waals surface area contributed by atoms with Gasteiger partial charge in [-0.2, -0.15) is 0 Å². The molecule has 2 rings (SSSR count). The van der Waals surface area contributed by atoms with Gasteiger partial charge in [0.25, 0.3) is 0 Å². The Kier molecular flexibility index (Phi) is 3.43. The van der Waals surface area contributed by atoms with Gasteiger partial charge in [0.05, 0.1) is 5.02 Å². The van der Waals surface area contributed by atoms with Gasteiger partial charge < -0.3 is 10.4 Å². The number of carboxylic acid groups (broad SMARTS) is 1. The number of halogens is 1. The second-order valence-corrected chi connectivity index (χ2v) is 3.90. The maximum absolute atomic E-state index is 10.9. The molecule has 0 spiro atoms. The van der Waals surface area contributed by atoms with Crippen LogP contribution in [-0.2, 0) is 0 Å². The number of nitrogens with one attached hydrogen (secondary N) is 1. The van der Waals surface area contributed by atoms with Crippen molar-refractivity contribution in [1.29, 1.82) is 0 Å². The normalized spacial score (nSPS) is 10.1. The maximum atomic E-state index is 10.9.